The van der Waals surface area contributed by atoms with Crippen LogP contribution < -0.4 is 0 Å². The van der Waals surface area contributed by atoms with Crippen molar-refractivity contribution in [3.8, 4) is 0 Å². The standard InChI is InChI=1S/C40H70O26/c1-7-8-55-39-33(26(51)19(44)13(4)58-39)65-40-34(32(21(46)15(6)59-40)64-37-28(53)25(50)22(47)16(9-41)61-37)66-35-11(2)30(23(48)17(10-42)60-35)62-38-29(54)31(20(45)14(5)57-38)63-36-27(52)24(49)18(43)12(3)56-36/h11-54H,7-10H2,1-6H3/t11-,12?,13?,14?,15?,16-,17?,18-,19-,20-,21-,22+,23+,24?,25?,26?,27-,28?,29-,30?,31?,32?,33-,34-,35-,36-,37+,38-,39+,40-/m0/s1. The van der Waals surface area contributed by atoms with Crippen LogP contribution in [0.4, 0.5) is 0 Å². The first kappa shape index (κ1) is 54.3. The van der Waals surface area contributed by atoms with Crippen molar-refractivity contribution in [3.63, 3.8) is 0 Å². The van der Waals surface area contributed by atoms with E-state index in [1.807, 2.05) is 6.92 Å². The van der Waals surface area contributed by atoms with Crippen LogP contribution in [-0.4, -0.2) is 269 Å². The first-order valence-electron chi connectivity index (χ1n) is 22.4. The summed E-state index contributed by atoms with van der Waals surface area (Å²) < 4.78 is 71.6. The van der Waals surface area contributed by atoms with Crippen molar-refractivity contribution >= 4 is 0 Å². The molecule has 12 unspecified atom stereocenters. The Kier molecular flexibility index (Phi) is 18.9. The second-order valence-electron chi connectivity index (χ2n) is 17.9. The van der Waals surface area contributed by atoms with Gasteiger partial charge in [0.15, 0.2) is 37.7 Å². The Morgan fingerprint density at radius 2 is 0.742 bits per heavy atom. The van der Waals surface area contributed by atoms with Gasteiger partial charge in [0.2, 0.25) is 0 Å². The smallest absolute Gasteiger partial charge is 0.187 e. The Morgan fingerprint density at radius 1 is 0.333 bits per heavy atom. The molecule has 30 atom stereocenters. The molecule has 0 aliphatic carbocycles. The molecule has 386 valence electrons. The van der Waals surface area contributed by atoms with Crippen LogP contribution in [0.3, 0.4) is 0 Å². The van der Waals surface area contributed by atoms with E-state index in [-0.39, 0.29) is 6.61 Å². The van der Waals surface area contributed by atoms with E-state index in [2.05, 4.69) is 0 Å². The van der Waals surface area contributed by atoms with Gasteiger partial charge >= 0.3 is 0 Å². The van der Waals surface area contributed by atoms with E-state index in [9.17, 15) is 71.5 Å². The van der Waals surface area contributed by atoms with Gasteiger partial charge in [0.05, 0.1) is 43.7 Å². The first-order chi connectivity index (χ1) is 31.1. The van der Waals surface area contributed by atoms with Gasteiger partial charge in [0.1, 0.15) is 110 Å². The predicted octanol–water partition coefficient (Wildman–Crippen LogP) is -7.28. The quantitative estimate of drug-likeness (QED) is 0.0725. The highest BCUT2D eigenvalue weighted by Crippen LogP contribution is 2.39. The highest BCUT2D eigenvalue weighted by atomic mass is 16.8. The zero-order valence-corrected chi connectivity index (χ0v) is 37.3. The molecule has 6 aliphatic heterocycles. The summed E-state index contributed by atoms with van der Waals surface area (Å²) in [6.45, 7) is 7.47. The summed E-state index contributed by atoms with van der Waals surface area (Å²) in [6, 6.07) is 0. The lowest BCUT2D eigenvalue weighted by Gasteiger charge is -2.51. The predicted molar refractivity (Wildman–Crippen MR) is 211 cm³/mol. The van der Waals surface area contributed by atoms with Crippen molar-refractivity contribution in [2.45, 2.75) is 226 Å². The van der Waals surface area contributed by atoms with Crippen molar-refractivity contribution < 1.29 is 128 Å². The maximum atomic E-state index is 11.7. The molecule has 6 heterocycles. The zero-order chi connectivity index (χ0) is 48.6. The van der Waals surface area contributed by atoms with Gasteiger partial charge in [-0.2, -0.15) is 0 Å². The molecule has 6 saturated heterocycles. The first-order valence-corrected chi connectivity index (χ1v) is 22.4. The third kappa shape index (κ3) is 11.2. The number of aliphatic hydroxyl groups excluding tert-OH is 14. The number of hydrogen-bond acceptors (Lipinski definition) is 26. The molecule has 66 heavy (non-hydrogen) atoms. The Labute approximate surface area is 379 Å². The van der Waals surface area contributed by atoms with E-state index in [4.69, 9.17) is 56.8 Å². The molecule has 0 amide bonds. The lowest BCUT2D eigenvalue weighted by molar-refractivity contribution is -0.409. The molecular weight excluding hydrogens is 896 g/mol. The molecule has 0 spiro atoms. The number of rotatable bonds is 15. The van der Waals surface area contributed by atoms with Crippen molar-refractivity contribution in [1.29, 1.82) is 0 Å². The molecule has 0 bridgehead atoms. The topological polar surface area (TPSA) is 394 Å². The largest absolute Gasteiger partial charge is 0.394 e. The van der Waals surface area contributed by atoms with Crippen LogP contribution >= 0.6 is 0 Å². The third-order valence-electron chi connectivity index (χ3n) is 13.1. The highest BCUT2D eigenvalue weighted by molar-refractivity contribution is 4.99. The highest BCUT2D eigenvalue weighted by Gasteiger charge is 2.57. The van der Waals surface area contributed by atoms with E-state index in [0.717, 1.165) is 0 Å². The maximum absolute atomic E-state index is 11.7. The molecule has 0 radical (unpaired) electrons. The van der Waals surface area contributed by atoms with Gasteiger partial charge in [-0.15, -0.1) is 0 Å². The molecule has 6 fully saturated rings. The molecule has 0 saturated carbocycles. The van der Waals surface area contributed by atoms with Gasteiger partial charge < -0.3 is 128 Å². The number of ether oxygens (including phenoxy) is 12. The SMILES string of the molecule is CCCO[C@@H]1OC(C)[C@H](O)C(O)[C@@H]1O[C@@H]1OC(C)[C@H](O)C(O[C@H]2O[C@@H](CO)[C@@H](O)C(O)C2O)[C@@H]1O[C@@H]1OC(CO)[C@@H](O)C(O[C@@H]2OC(C)[C@H](O)C(O[C@@H]3OC(C)[C@H](O)C(O)[C@@H]3O)[C@@H]2O)[C@@H]1C. The van der Waals surface area contributed by atoms with Crippen LogP contribution in [0.1, 0.15) is 48.0 Å². The van der Waals surface area contributed by atoms with Gasteiger partial charge in [0, 0.05) is 12.5 Å². The van der Waals surface area contributed by atoms with Crippen molar-refractivity contribution in [3.05, 3.63) is 0 Å². The molecule has 6 rings (SSSR count). The zero-order valence-electron chi connectivity index (χ0n) is 37.3. The summed E-state index contributed by atoms with van der Waals surface area (Å²) in [5.41, 5.74) is 0. The maximum Gasteiger partial charge on any atom is 0.187 e. The number of aliphatic hydroxyl groups is 14. The molecule has 14 N–H and O–H groups in total. The minimum Gasteiger partial charge on any atom is -0.394 e. The van der Waals surface area contributed by atoms with E-state index < -0.39 is 197 Å². The van der Waals surface area contributed by atoms with Crippen LogP contribution in [0.2, 0.25) is 0 Å². The molecule has 6 aliphatic rings. The number of hydrogen-bond donors (Lipinski definition) is 14. The Morgan fingerprint density at radius 3 is 1.33 bits per heavy atom. The molecule has 0 aromatic carbocycles. The molecule has 0 aromatic heterocycles. The van der Waals surface area contributed by atoms with Crippen LogP contribution in [0.15, 0.2) is 0 Å². The fourth-order valence-corrected chi connectivity index (χ4v) is 8.83. The summed E-state index contributed by atoms with van der Waals surface area (Å²) in [7, 11) is 0. The summed E-state index contributed by atoms with van der Waals surface area (Å²) in [5.74, 6) is -1.15. The van der Waals surface area contributed by atoms with E-state index in [1.54, 1.807) is 0 Å². The van der Waals surface area contributed by atoms with E-state index in [1.165, 1.54) is 34.6 Å². The molecular formula is C40H70O26. The lowest BCUT2D eigenvalue weighted by Crippen LogP contribution is -2.68. The van der Waals surface area contributed by atoms with Gasteiger partial charge in [-0.05, 0) is 34.1 Å². The van der Waals surface area contributed by atoms with Crippen molar-refractivity contribution in [2.24, 2.45) is 5.92 Å². The average molecular weight is 967 g/mol. The van der Waals surface area contributed by atoms with E-state index >= 15 is 0 Å². The minimum absolute atomic E-state index is 0.135. The second-order valence-corrected chi connectivity index (χ2v) is 17.9. The lowest BCUT2D eigenvalue weighted by atomic mass is 9.91. The fraction of sp³-hybridized carbons (Fsp3) is 1.00. The van der Waals surface area contributed by atoms with Crippen LogP contribution in [0.25, 0.3) is 0 Å². The van der Waals surface area contributed by atoms with Crippen molar-refractivity contribution in [1.82, 2.24) is 0 Å². The summed E-state index contributed by atoms with van der Waals surface area (Å²) in [6.07, 6.45) is -45.3. The Hall–Kier alpha value is -1.04. The molecule has 26 heteroatoms. The molecule has 26 nitrogen and oxygen atoms in total. The monoisotopic (exact) mass is 966 g/mol. The Balaban J connectivity index is 1.30. The van der Waals surface area contributed by atoms with Crippen LogP contribution in [-0.2, 0) is 56.8 Å². The van der Waals surface area contributed by atoms with E-state index in [0.29, 0.717) is 6.42 Å². The van der Waals surface area contributed by atoms with Gasteiger partial charge in [0.25, 0.3) is 0 Å². The summed E-state index contributed by atoms with van der Waals surface area (Å²) in [4.78, 5) is 0. The van der Waals surface area contributed by atoms with Crippen LogP contribution in [0, 0.1) is 5.92 Å². The second kappa shape index (κ2) is 23.0. The fourth-order valence-electron chi connectivity index (χ4n) is 8.83. The van der Waals surface area contributed by atoms with Gasteiger partial charge in [-0.3, -0.25) is 0 Å². The average Bonchev–Trinajstić information content (AvgIpc) is 3.29. The minimum atomic E-state index is -1.97. The van der Waals surface area contributed by atoms with Gasteiger partial charge in [-0.1, -0.05) is 13.8 Å². The van der Waals surface area contributed by atoms with Crippen LogP contribution in [0.5, 0.6) is 0 Å². The van der Waals surface area contributed by atoms with Crippen molar-refractivity contribution in [2.75, 3.05) is 19.8 Å². The summed E-state index contributed by atoms with van der Waals surface area (Å²) in [5, 5.41) is 151. The third-order valence-corrected chi connectivity index (χ3v) is 13.1. The summed E-state index contributed by atoms with van der Waals surface area (Å²) >= 11 is 0. The Bertz CT molecular complexity index is 1490. The normalized spacial score (nSPS) is 54.0. The van der Waals surface area contributed by atoms with Gasteiger partial charge in [-0.25, -0.2) is 0 Å². The molecule has 0 aromatic rings.